The standard InChI is InChI=1S/C22H27N3O2S/c1-23-13-14-25(19(16-23)17-6-3-2-4-7-17)21(26)18-9-11-24(12-10-18)22(27)20-8-5-15-28-20/h2-8,15,18-19H,9-14,16H2,1H3. The summed E-state index contributed by atoms with van der Waals surface area (Å²) in [5.74, 6) is 0.370. The molecule has 0 N–H and O–H groups in total. The van der Waals surface area contributed by atoms with E-state index < -0.39 is 0 Å². The quantitative estimate of drug-likeness (QED) is 0.799. The molecule has 1 aromatic heterocycles. The SMILES string of the molecule is CN1CCN(C(=O)C2CCN(C(=O)c3cccs3)CC2)C(c2ccccc2)C1. The first-order valence-corrected chi connectivity index (χ1v) is 10.9. The molecule has 6 heteroatoms. The van der Waals surface area contributed by atoms with Crippen LogP contribution in [0.2, 0.25) is 0 Å². The van der Waals surface area contributed by atoms with E-state index in [0.29, 0.717) is 13.1 Å². The van der Waals surface area contributed by atoms with Crippen LogP contribution in [0.1, 0.15) is 34.1 Å². The van der Waals surface area contributed by atoms with Crippen LogP contribution in [-0.4, -0.2) is 66.3 Å². The predicted octanol–water partition coefficient (Wildman–Crippen LogP) is 3.12. The lowest BCUT2D eigenvalue weighted by Crippen LogP contribution is -2.52. The van der Waals surface area contributed by atoms with Gasteiger partial charge in [0.1, 0.15) is 0 Å². The number of hydrogen-bond donors (Lipinski definition) is 0. The Balaban J connectivity index is 1.42. The Kier molecular flexibility index (Phi) is 5.78. The molecule has 148 valence electrons. The first kappa shape index (κ1) is 19.2. The summed E-state index contributed by atoms with van der Waals surface area (Å²) in [6, 6.07) is 14.2. The Morgan fingerprint density at radius 2 is 1.71 bits per heavy atom. The van der Waals surface area contributed by atoms with E-state index in [-0.39, 0.29) is 23.8 Å². The average Bonchev–Trinajstić information content (AvgIpc) is 3.28. The first-order valence-electron chi connectivity index (χ1n) is 10.00. The van der Waals surface area contributed by atoms with Crippen molar-refractivity contribution in [3.8, 4) is 0 Å². The number of nitrogens with zero attached hydrogens (tertiary/aromatic N) is 3. The number of benzene rings is 1. The van der Waals surface area contributed by atoms with Gasteiger partial charge in [-0.2, -0.15) is 0 Å². The van der Waals surface area contributed by atoms with Crippen LogP contribution in [-0.2, 0) is 4.79 Å². The van der Waals surface area contributed by atoms with Gasteiger partial charge in [0.2, 0.25) is 5.91 Å². The van der Waals surface area contributed by atoms with E-state index in [1.54, 1.807) is 0 Å². The fraction of sp³-hybridized carbons (Fsp3) is 0.455. The van der Waals surface area contributed by atoms with Gasteiger partial charge in [0.15, 0.2) is 0 Å². The van der Waals surface area contributed by atoms with E-state index in [2.05, 4.69) is 29.0 Å². The number of likely N-dealkylation sites (N-methyl/N-ethyl adjacent to an activating group) is 1. The Labute approximate surface area is 170 Å². The molecule has 1 aromatic carbocycles. The molecule has 2 fully saturated rings. The molecule has 5 nitrogen and oxygen atoms in total. The van der Waals surface area contributed by atoms with Gasteiger partial charge in [0.05, 0.1) is 10.9 Å². The number of carbonyl (C=O) groups excluding carboxylic acids is 2. The molecule has 0 radical (unpaired) electrons. The number of thiophene rings is 1. The van der Waals surface area contributed by atoms with Gasteiger partial charge in [-0.1, -0.05) is 36.4 Å². The average molecular weight is 398 g/mol. The van der Waals surface area contributed by atoms with Gasteiger partial charge in [-0.25, -0.2) is 0 Å². The van der Waals surface area contributed by atoms with Crippen LogP contribution in [0.3, 0.4) is 0 Å². The first-order chi connectivity index (χ1) is 13.6. The lowest BCUT2D eigenvalue weighted by atomic mass is 9.92. The van der Waals surface area contributed by atoms with Crippen molar-refractivity contribution >= 4 is 23.2 Å². The summed E-state index contributed by atoms with van der Waals surface area (Å²) >= 11 is 1.48. The number of piperazine rings is 1. The molecule has 2 aliphatic heterocycles. The smallest absolute Gasteiger partial charge is 0.263 e. The van der Waals surface area contributed by atoms with Crippen LogP contribution >= 0.6 is 11.3 Å². The van der Waals surface area contributed by atoms with Crippen LogP contribution in [0.5, 0.6) is 0 Å². The summed E-state index contributed by atoms with van der Waals surface area (Å²) in [5, 5.41) is 1.93. The number of carbonyl (C=O) groups is 2. The molecular weight excluding hydrogens is 370 g/mol. The maximum atomic E-state index is 13.4. The molecule has 2 amide bonds. The lowest BCUT2D eigenvalue weighted by Gasteiger charge is -2.43. The van der Waals surface area contributed by atoms with E-state index in [1.165, 1.54) is 16.9 Å². The fourth-order valence-electron chi connectivity index (χ4n) is 4.26. The topological polar surface area (TPSA) is 43.9 Å². The third-order valence-electron chi connectivity index (χ3n) is 5.91. The van der Waals surface area contributed by atoms with Crippen molar-refractivity contribution in [2.24, 2.45) is 5.92 Å². The molecule has 1 unspecified atom stereocenters. The Morgan fingerprint density at radius 1 is 0.964 bits per heavy atom. The Hall–Kier alpha value is -2.18. The zero-order valence-corrected chi connectivity index (χ0v) is 17.1. The zero-order valence-electron chi connectivity index (χ0n) is 16.3. The van der Waals surface area contributed by atoms with E-state index in [4.69, 9.17) is 0 Å². The van der Waals surface area contributed by atoms with E-state index >= 15 is 0 Å². The van der Waals surface area contributed by atoms with Gasteiger partial charge < -0.3 is 14.7 Å². The van der Waals surface area contributed by atoms with Crippen molar-refractivity contribution in [3.05, 3.63) is 58.3 Å². The summed E-state index contributed by atoms with van der Waals surface area (Å²) in [5.41, 5.74) is 1.20. The minimum Gasteiger partial charge on any atom is -0.338 e. The molecule has 0 spiro atoms. The second-order valence-electron chi connectivity index (χ2n) is 7.76. The minimum absolute atomic E-state index is 0.0157. The molecule has 2 aliphatic rings. The molecular formula is C22H27N3O2S. The van der Waals surface area contributed by atoms with Gasteiger partial charge in [0.25, 0.3) is 5.91 Å². The van der Waals surface area contributed by atoms with E-state index in [0.717, 1.165) is 37.4 Å². The largest absolute Gasteiger partial charge is 0.338 e. The molecule has 2 saturated heterocycles. The highest BCUT2D eigenvalue weighted by Gasteiger charge is 2.36. The summed E-state index contributed by atoms with van der Waals surface area (Å²) < 4.78 is 0. The summed E-state index contributed by atoms with van der Waals surface area (Å²) in [6.07, 6.45) is 1.51. The van der Waals surface area contributed by atoms with Crippen molar-refractivity contribution in [2.75, 3.05) is 39.8 Å². The van der Waals surface area contributed by atoms with Crippen LogP contribution in [0.25, 0.3) is 0 Å². The van der Waals surface area contributed by atoms with Gasteiger partial charge in [-0.15, -0.1) is 11.3 Å². The second-order valence-corrected chi connectivity index (χ2v) is 8.71. The third-order valence-corrected chi connectivity index (χ3v) is 6.77. The van der Waals surface area contributed by atoms with E-state index in [9.17, 15) is 9.59 Å². The van der Waals surface area contributed by atoms with Crippen molar-refractivity contribution in [2.45, 2.75) is 18.9 Å². The van der Waals surface area contributed by atoms with Gasteiger partial charge in [-0.3, -0.25) is 9.59 Å². The molecule has 4 rings (SSSR count). The number of rotatable bonds is 3. The summed E-state index contributed by atoms with van der Waals surface area (Å²) in [7, 11) is 2.12. The van der Waals surface area contributed by atoms with E-state index in [1.807, 2.05) is 40.6 Å². The highest BCUT2D eigenvalue weighted by Crippen LogP contribution is 2.29. The third kappa shape index (κ3) is 3.98. The number of amides is 2. The van der Waals surface area contributed by atoms with Crippen LogP contribution in [0, 0.1) is 5.92 Å². The van der Waals surface area contributed by atoms with Crippen molar-refractivity contribution < 1.29 is 9.59 Å². The molecule has 3 heterocycles. The Morgan fingerprint density at radius 3 is 2.39 bits per heavy atom. The highest BCUT2D eigenvalue weighted by molar-refractivity contribution is 7.12. The molecule has 0 bridgehead atoms. The minimum atomic E-state index is 0.0157. The zero-order chi connectivity index (χ0) is 19.5. The molecule has 0 aliphatic carbocycles. The van der Waals surface area contributed by atoms with Crippen LogP contribution in [0.15, 0.2) is 47.8 Å². The van der Waals surface area contributed by atoms with Gasteiger partial charge in [-0.05, 0) is 36.9 Å². The molecule has 28 heavy (non-hydrogen) atoms. The fourth-order valence-corrected chi connectivity index (χ4v) is 4.95. The highest BCUT2D eigenvalue weighted by atomic mass is 32.1. The van der Waals surface area contributed by atoms with Crippen LogP contribution < -0.4 is 0 Å². The Bertz CT molecular complexity index is 800. The number of likely N-dealkylation sites (tertiary alicyclic amines) is 1. The molecule has 2 aromatic rings. The van der Waals surface area contributed by atoms with Gasteiger partial charge >= 0.3 is 0 Å². The normalized spacial score (nSPS) is 21.7. The summed E-state index contributed by atoms with van der Waals surface area (Å²) in [6.45, 7) is 3.87. The second kappa shape index (κ2) is 8.45. The number of hydrogen-bond acceptors (Lipinski definition) is 4. The monoisotopic (exact) mass is 397 g/mol. The number of piperidine rings is 1. The lowest BCUT2D eigenvalue weighted by molar-refractivity contribution is -0.142. The maximum absolute atomic E-state index is 13.4. The van der Waals surface area contributed by atoms with Crippen molar-refractivity contribution in [1.29, 1.82) is 0 Å². The summed E-state index contributed by atoms with van der Waals surface area (Å²) in [4.78, 5) is 33.0. The maximum Gasteiger partial charge on any atom is 0.263 e. The van der Waals surface area contributed by atoms with Crippen molar-refractivity contribution in [3.63, 3.8) is 0 Å². The molecule has 0 saturated carbocycles. The van der Waals surface area contributed by atoms with Crippen molar-refractivity contribution in [1.82, 2.24) is 14.7 Å². The predicted molar refractivity (Wildman–Crippen MR) is 111 cm³/mol. The van der Waals surface area contributed by atoms with Gasteiger partial charge in [0, 0.05) is 38.6 Å². The van der Waals surface area contributed by atoms with Crippen LogP contribution in [0.4, 0.5) is 0 Å². The molecule has 1 atom stereocenters.